The largest absolute Gasteiger partial charge is 0.504 e. The van der Waals surface area contributed by atoms with E-state index in [1.807, 2.05) is 41.3 Å². The first kappa shape index (κ1) is 25.8. The summed E-state index contributed by atoms with van der Waals surface area (Å²) in [5, 5.41) is 11.0. The van der Waals surface area contributed by atoms with E-state index >= 15 is 0 Å². The first-order chi connectivity index (χ1) is 18.7. The molecule has 2 fully saturated rings. The second-order valence-electron chi connectivity index (χ2n) is 12.0. The number of hydrogen-bond donors (Lipinski definition) is 1. The van der Waals surface area contributed by atoms with Gasteiger partial charge >= 0.3 is 5.97 Å². The van der Waals surface area contributed by atoms with Crippen LogP contribution in [0.25, 0.3) is 0 Å². The first-order valence-corrected chi connectivity index (χ1v) is 14.0. The fraction of sp³-hybridized carbons (Fsp3) is 0.500. The van der Waals surface area contributed by atoms with E-state index in [2.05, 4.69) is 37.6 Å². The van der Waals surface area contributed by atoms with Crippen LogP contribution in [0.1, 0.15) is 56.7 Å². The van der Waals surface area contributed by atoms with Crippen molar-refractivity contribution in [2.75, 3.05) is 20.1 Å². The number of carbonyl (C=O) groups excluding carboxylic acids is 2. The number of benzene rings is 2. The predicted octanol–water partition coefficient (Wildman–Crippen LogP) is 3.65. The van der Waals surface area contributed by atoms with Crippen molar-refractivity contribution in [3.05, 3.63) is 59.2 Å². The smallest absolute Gasteiger partial charge is 0.303 e. The molecule has 2 aromatic rings. The third-order valence-corrected chi connectivity index (χ3v) is 9.29. The van der Waals surface area contributed by atoms with E-state index < -0.39 is 17.1 Å². The number of piperidine rings is 1. The summed E-state index contributed by atoms with van der Waals surface area (Å²) in [6.07, 6.45) is 2.17. The third-order valence-electron chi connectivity index (χ3n) is 9.29. The molecule has 204 valence electrons. The van der Waals surface area contributed by atoms with Crippen LogP contribution in [0.4, 0.5) is 0 Å². The average molecular weight is 529 g/mol. The normalized spacial score (nSPS) is 30.0. The number of phenols is 1. The zero-order valence-corrected chi connectivity index (χ0v) is 23.1. The lowest BCUT2D eigenvalue weighted by molar-refractivity contribution is -0.221. The Morgan fingerprint density at radius 1 is 1.21 bits per heavy atom. The summed E-state index contributed by atoms with van der Waals surface area (Å²) in [6, 6.07) is 12.9. The van der Waals surface area contributed by atoms with Gasteiger partial charge in [-0.15, -0.1) is 0 Å². The topological polar surface area (TPSA) is 79.3 Å². The Morgan fingerprint density at radius 2 is 1.97 bits per heavy atom. The van der Waals surface area contributed by atoms with Gasteiger partial charge in [-0.3, -0.25) is 14.5 Å². The summed E-state index contributed by atoms with van der Waals surface area (Å²) in [5.74, 6) is 6.17. The highest BCUT2D eigenvalue weighted by Gasteiger charge is 2.75. The van der Waals surface area contributed by atoms with Gasteiger partial charge in [-0.1, -0.05) is 44.0 Å². The lowest BCUT2D eigenvalue weighted by Crippen LogP contribution is -2.79. The van der Waals surface area contributed by atoms with Crippen LogP contribution < -0.4 is 4.74 Å². The molecule has 6 rings (SSSR count). The number of ether oxygens (including phenoxy) is 2. The third kappa shape index (κ3) is 3.76. The van der Waals surface area contributed by atoms with Gasteiger partial charge < -0.3 is 19.5 Å². The van der Waals surface area contributed by atoms with E-state index in [1.165, 1.54) is 6.92 Å². The van der Waals surface area contributed by atoms with Crippen LogP contribution in [-0.4, -0.2) is 70.7 Å². The van der Waals surface area contributed by atoms with Crippen molar-refractivity contribution in [3.63, 3.8) is 0 Å². The zero-order chi connectivity index (χ0) is 27.5. The van der Waals surface area contributed by atoms with E-state index in [4.69, 9.17) is 9.47 Å². The predicted molar refractivity (Wildman–Crippen MR) is 146 cm³/mol. The highest BCUT2D eigenvalue weighted by atomic mass is 16.6. The van der Waals surface area contributed by atoms with Crippen molar-refractivity contribution >= 4 is 11.9 Å². The molecule has 1 amide bonds. The molecule has 7 heteroatoms. The van der Waals surface area contributed by atoms with Crippen LogP contribution in [0.5, 0.6) is 11.5 Å². The van der Waals surface area contributed by atoms with Gasteiger partial charge in [0.1, 0.15) is 11.7 Å². The molecular formula is C32H36N2O5. The molecule has 0 unspecified atom stereocenters. The van der Waals surface area contributed by atoms with Crippen molar-refractivity contribution in [1.29, 1.82) is 0 Å². The van der Waals surface area contributed by atoms with Crippen LogP contribution in [0, 0.1) is 17.8 Å². The number of amides is 1. The summed E-state index contributed by atoms with van der Waals surface area (Å²) < 4.78 is 13.2. The van der Waals surface area contributed by atoms with E-state index in [1.54, 1.807) is 6.07 Å². The van der Waals surface area contributed by atoms with E-state index in [0.29, 0.717) is 38.0 Å². The fourth-order valence-corrected chi connectivity index (χ4v) is 7.96. The maximum atomic E-state index is 13.8. The van der Waals surface area contributed by atoms with Crippen molar-refractivity contribution in [2.45, 2.75) is 75.7 Å². The maximum Gasteiger partial charge on any atom is 0.303 e. The summed E-state index contributed by atoms with van der Waals surface area (Å²) in [4.78, 5) is 30.6. The number of hydrogen-bond acceptors (Lipinski definition) is 6. The molecule has 2 aliphatic heterocycles. The van der Waals surface area contributed by atoms with Crippen molar-refractivity contribution in [1.82, 2.24) is 9.80 Å². The van der Waals surface area contributed by atoms with Gasteiger partial charge in [-0.05, 0) is 69.0 Å². The molecular weight excluding hydrogens is 492 g/mol. The van der Waals surface area contributed by atoms with Crippen LogP contribution in [0.3, 0.4) is 0 Å². The van der Waals surface area contributed by atoms with Crippen molar-refractivity contribution < 1.29 is 24.2 Å². The summed E-state index contributed by atoms with van der Waals surface area (Å²) in [7, 11) is 2.10. The number of aromatic hydroxyl groups is 1. The number of likely N-dealkylation sites (N-methyl/N-ethyl adjacent to an activating group) is 1. The number of nitrogens with zero attached hydrogens (tertiary/aromatic N) is 2. The Hall–Kier alpha value is -3.50. The zero-order valence-electron chi connectivity index (χ0n) is 23.1. The molecule has 1 N–H and O–H groups in total. The van der Waals surface area contributed by atoms with Gasteiger partial charge in [-0.25, -0.2) is 0 Å². The highest BCUT2D eigenvalue weighted by Crippen LogP contribution is 2.67. The molecule has 1 saturated carbocycles. The summed E-state index contributed by atoms with van der Waals surface area (Å²) >= 11 is 0. The molecule has 5 atom stereocenters. The second kappa shape index (κ2) is 9.31. The molecule has 1 spiro atoms. The van der Waals surface area contributed by atoms with E-state index in [0.717, 1.165) is 23.2 Å². The Bertz CT molecular complexity index is 1380. The Labute approximate surface area is 230 Å². The van der Waals surface area contributed by atoms with Gasteiger partial charge in [0.25, 0.3) is 5.91 Å². The van der Waals surface area contributed by atoms with Crippen molar-refractivity contribution in [3.8, 4) is 23.3 Å². The van der Waals surface area contributed by atoms with Gasteiger partial charge in [0, 0.05) is 30.5 Å². The van der Waals surface area contributed by atoms with Gasteiger partial charge in [-0.2, -0.15) is 0 Å². The average Bonchev–Trinajstić information content (AvgIpc) is 3.26. The number of rotatable bonds is 4. The summed E-state index contributed by atoms with van der Waals surface area (Å²) in [5.41, 5.74) is 1.41. The van der Waals surface area contributed by atoms with Crippen LogP contribution in [0.2, 0.25) is 0 Å². The molecule has 39 heavy (non-hydrogen) atoms. The van der Waals surface area contributed by atoms with Gasteiger partial charge in [0.15, 0.2) is 11.5 Å². The SMILES string of the molecule is CC(=O)O[C@@]12CC[C@H](N(CC(C)C)C(=O)C#Cc3ccccc3)[C@@H]3Oc4c(O)ccc5c4[C@@]31CCN(C)[C@@H]2C5. The second-order valence-corrected chi connectivity index (χ2v) is 12.0. The van der Waals surface area contributed by atoms with Crippen LogP contribution >= 0.6 is 0 Å². The Morgan fingerprint density at radius 3 is 2.69 bits per heavy atom. The number of likely N-dealkylation sites (tertiary alicyclic amines) is 1. The number of carbonyl (C=O) groups is 2. The first-order valence-electron chi connectivity index (χ1n) is 14.0. The lowest BCUT2D eigenvalue weighted by Gasteiger charge is -2.65. The molecule has 2 aromatic carbocycles. The van der Waals surface area contributed by atoms with Crippen LogP contribution in [-0.2, 0) is 26.2 Å². The molecule has 7 nitrogen and oxygen atoms in total. The maximum absolute atomic E-state index is 13.8. The molecule has 4 aliphatic rings. The minimum atomic E-state index is -0.804. The lowest BCUT2D eigenvalue weighted by atomic mass is 9.48. The molecule has 2 heterocycles. The summed E-state index contributed by atoms with van der Waals surface area (Å²) in [6.45, 7) is 7.00. The Kier molecular flexibility index (Phi) is 6.15. The monoisotopic (exact) mass is 528 g/mol. The minimum absolute atomic E-state index is 0.0164. The molecule has 0 aromatic heterocycles. The molecule has 0 radical (unpaired) electrons. The quantitative estimate of drug-likeness (QED) is 0.482. The molecule has 1 saturated heterocycles. The Balaban J connectivity index is 1.48. The fourth-order valence-electron chi connectivity index (χ4n) is 7.96. The molecule has 2 bridgehead atoms. The standard InChI is InChI=1S/C32H36N2O5/c1-20(2)19-34(27(37)13-10-22-8-6-5-7-9-22)24-14-15-32(39-21(3)35)26-18-23-11-12-25(36)29-28(23)31(32,30(24)38-29)16-17-33(26)4/h5-9,11-12,20,24,26,30,36H,14-19H2,1-4H3/t24-,26+,30-,31-,32+/m0/s1. The van der Waals surface area contributed by atoms with Crippen molar-refractivity contribution in [2.24, 2.45) is 5.92 Å². The van der Waals surface area contributed by atoms with E-state index in [9.17, 15) is 14.7 Å². The highest BCUT2D eigenvalue weighted by molar-refractivity contribution is 5.94. The number of phenolic OH excluding ortho intramolecular Hbond substituents is 1. The number of esters is 1. The molecule has 2 aliphatic carbocycles. The minimum Gasteiger partial charge on any atom is -0.504 e. The van der Waals surface area contributed by atoms with Gasteiger partial charge in [0.2, 0.25) is 0 Å². The van der Waals surface area contributed by atoms with Gasteiger partial charge in [0.05, 0.1) is 17.5 Å². The van der Waals surface area contributed by atoms with E-state index in [-0.39, 0.29) is 35.6 Å². The van der Waals surface area contributed by atoms with Crippen LogP contribution in [0.15, 0.2) is 42.5 Å².